The van der Waals surface area contributed by atoms with Crippen molar-refractivity contribution in [3.05, 3.63) is 63.6 Å². The first-order chi connectivity index (χ1) is 10.6. The third kappa shape index (κ3) is 4.76. The molecule has 0 amide bonds. The normalized spacial score (nSPS) is 12.2. The predicted molar refractivity (Wildman–Crippen MR) is 84.2 cm³/mol. The van der Waals surface area contributed by atoms with Crippen molar-refractivity contribution < 1.29 is 21.6 Å². The Morgan fingerprint density at radius 3 is 1.96 bits per heavy atom. The fourth-order valence-electron chi connectivity index (χ4n) is 1.80. The highest BCUT2D eigenvalue weighted by Crippen LogP contribution is 2.30. The number of benzene rings is 2. The second-order valence-corrected chi connectivity index (χ2v) is 7.17. The molecule has 0 unspecified atom stereocenters. The van der Waals surface area contributed by atoms with Gasteiger partial charge in [-0.15, -0.1) is 0 Å². The summed E-state index contributed by atoms with van der Waals surface area (Å²) in [7, 11) is -3.88. The molecule has 0 atom stereocenters. The number of halogens is 5. The lowest BCUT2D eigenvalue weighted by Gasteiger charge is -2.11. The van der Waals surface area contributed by atoms with E-state index in [4.69, 9.17) is 23.2 Å². The number of alkyl halides is 3. The zero-order valence-corrected chi connectivity index (χ0v) is 13.7. The summed E-state index contributed by atoms with van der Waals surface area (Å²) in [4.78, 5) is 0. The zero-order chi connectivity index (χ0) is 17.3. The van der Waals surface area contributed by atoms with Crippen LogP contribution in [0.4, 0.5) is 18.9 Å². The van der Waals surface area contributed by atoms with E-state index in [1.165, 1.54) is 12.1 Å². The van der Waals surface area contributed by atoms with Crippen molar-refractivity contribution in [3.8, 4) is 0 Å². The highest BCUT2D eigenvalue weighted by molar-refractivity contribution is 7.91. The summed E-state index contributed by atoms with van der Waals surface area (Å²) >= 11 is 11.8. The largest absolute Gasteiger partial charge is 0.416 e. The zero-order valence-electron chi connectivity index (χ0n) is 11.4. The molecule has 0 heterocycles. The molecule has 3 nitrogen and oxygen atoms in total. The van der Waals surface area contributed by atoms with Crippen molar-refractivity contribution >= 4 is 38.9 Å². The minimum Gasteiger partial charge on any atom is -0.283 e. The van der Waals surface area contributed by atoms with Gasteiger partial charge < -0.3 is 0 Å². The first-order valence-corrected chi connectivity index (χ1v) is 8.60. The van der Waals surface area contributed by atoms with Gasteiger partial charge in [-0.1, -0.05) is 29.3 Å². The van der Waals surface area contributed by atoms with Crippen LogP contribution in [0.1, 0.15) is 11.1 Å². The number of nitrogens with one attached hydrogen (secondary N) is 1. The molecule has 0 bridgehead atoms. The van der Waals surface area contributed by atoms with Gasteiger partial charge in [0.1, 0.15) is 0 Å². The first kappa shape index (κ1) is 17.9. The van der Waals surface area contributed by atoms with Crippen LogP contribution in [0.5, 0.6) is 0 Å². The highest BCUT2D eigenvalue weighted by atomic mass is 35.5. The van der Waals surface area contributed by atoms with E-state index in [1.807, 2.05) is 0 Å². The molecule has 2 rings (SSSR count). The fraction of sp³-hybridized carbons (Fsp3) is 0.143. The average molecular weight is 384 g/mol. The van der Waals surface area contributed by atoms with Gasteiger partial charge >= 0.3 is 6.18 Å². The second-order valence-electron chi connectivity index (χ2n) is 4.64. The van der Waals surface area contributed by atoms with Crippen molar-refractivity contribution in [1.82, 2.24) is 0 Å². The van der Waals surface area contributed by atoms with Gasteiger partial charge in [0.05, 0.1) is 11.3 Å². The standard InChI is InChI=1S/C14H10Cl2F3NO2S/c15-12-2-1-3-13(16)11(12)8-23(21,22)20-10-6-4-9(5-7-10)14(17,18)19/h1-7,20H,8H2. The number of rotatable bonds is 4. The Balaban J connectivity index is 2.19. The van der Waals surface area contributed by atoms with Crippen LogP contribution in [0.25, 0.3) is 0 Å². The summed E-state index contributed by atoms with van der Waals surface area (Å²) in [6, 6.07) is 8.22. The van der Waals surface area contributed by atoms with Crippen LogP contribution in [0.3, 0.4) is 0 Å². The molecule has 124 valence electrons. The monoisotopic (exact) mass is 383 g/mol. The van der Waals surface area contributed by atoms with Crippen LogP contribution < -0.4 is 4.72 Å². The maximum atomic E-state index is 12.5. The second kappa shape index (κ2) is 6.59. The summed E-state index contributed by atoms with van der Waals surface area (Å²) < 4.78 is 63.8. The van der Waals surface area contributed by atoms with E-state index in [0.29, 0.717) is 0 Å². The Hall–Kier alpha value is -1.44. The van der Waals surface area contributed by atoms with Gasteiger partial charge in [-0.2, -0.15) is 13.2 Å². The van der Waals surface area contributed by atoms with Crippen molar-refractivity contribution in [1.29, 1.82) is 0 Å². The van der Waals surface area contributed by atoms with Gasteiger partial charge in [0.25, 0.3) is 0 Å². The van der Waals surface area contributed by atoms with Crippen molar-refractivity contribution in [3.63, 3.8) is 0 Å². The third-order valence-electron chi connectivity index (χ3n) is 2.88. The molecule has 23 heavy (non-hydrogen) atoms. The predicted octanol–water partition coefficient (Wildman–Crippen LogP) is 4.95. The van der Waals surface area contributed by atoms with Crippen LogP contribution in [-0.2, 0) is 22.0 Å². The van der Waals surface area contributed by atoms with Crippen molar-refractivity contribution in [2.75, 3.05) is 4.72 Å². The lowest BCUT2D eigenvalue weighted by molar-refractivity contribution is -0.137. The molecule has 1 N–H and O–H groups in total. The fourth-order valence-corrected chi connectivity index (χ4v) is 3.75. The molecule has 9 heteroatoms. The minimum absolute atomic E-state index is 0.0150. The van der Waals surface area contributed by atoms with Gasteiger partial charge in [0.2, 0.25) is 10.0 Å². The molecule has 0 spiro atoms. The quantitative estimate of drug-likeness (QED) is 0.811. The summed E-state index contributed by atoms with van der Waals surface area (Å²) in [5.41, 5.74) is -0.633. The van der Waals surface area contributed by atoms with E-state index in [2.05, 4.69) is 4.72 Å². The molecule has 0 saturated carbocycles. The molecule has 0 aliphatic heterocycles. The maximum Gasteiger partial charge on any atom is 0.416 e. The molecule has 2 aromatic carbocycles. The van der Waals surface area contributed by atoms with Gasteiger partial charge in [0.15, 0.2) is 0 Å². The van der Waals surface area contributed by atoms with Gasteiger partial charge in [-0.3, -0.25) is 4.72 Å². The van der Waals surface area contributed by atoms with Crippen LogP contribution in [0.2, 0.25) is 10.0 Å². The molecule has 0 radical (unpaired) electrons. The van der Waals surface area contributed by atoms with Gasteiger partial charge in [-0.25, -0.2) is 8.42 Å². The van der Waals surface area contributed by atoms with Crippen molar-refractivity contribution in [2.45, 2.75) is 11.9 Å². The summed E-state index contributed by atoms with van der Waals surface area (Å²) in [5.74, 6) is -0.494. The molecule has 0 aliphatic rings. The molecule has 0 aliphatic carbocycles. The summed E-state index contributed by atoms with van der Waals surface area (Å²) in [6.07, 6.45) is -4.48. The van der Waals surface area contributed by atoms with E-state index in [1.54, 1.807) is 6.07 Å². The van der Waals surface area contributed by atoms with E-state index in [9.17, 15) is 21.6 Å². The van der Waals surface area contributed by atoms with E-state index < -0.39 is 27.5 Å². The number of hydrogen-bond acceptors (Lipinski definition) is 2. The lowest BCUT2D eigenvalue weighted by Crippen LogP contribution is -2.16. The third-order valence-corrected chi connectivity index (χ3v) is 4.81. The molecule has 0 fully saturated rings. The Labute approximate surface area is 141 Å². The van der Waals surface area contributed by atoms with E-state index in [0.717, 1.165) is 24.3 Å². The number of sulfonamides is 1. The smallest absolute Gasteiger partial charge is 0.283 e. The Morgan fingerprint density at radius 1 is 0.957 bits per heavy atom. The Bertz CT molecular complexity index is 786. The average Bonchev–Trinajstić information content (AvgIpc) is 2.42. The highest BCUT2D eigenvalue weighted by Gasteiger charge is 2.30. The van der Waals surface area contributed by atoms with E-state index in [-0.39, 0.29) is 21.3 Å². The van der Waals surface area contributed by atoms with Crippen molar-refractivity contribution in [2.24, 2.45) is 0 Å². The minimum atomic E-state index is -4.48. The summed E-state index contributed by atoms with van der Waals surface area (Å²) in [5, 5.41) is 0.380. The Morgan fingerprint density at radius 2 is 1.48 bits per heavy atom. The number of hydrogen-bond donors (Lipinski definition) is 1. The summed E-state index contributed by atoms with van der Waals surface area (Å²) in [6.45, 7) is 0. The molecular formula is C14H10Cl2F3NO2S. The molecular weight excluding hydrogens is 374 g/mol. The lowest BCUT2D eigenvalue weighted by atomic mass is 10.2. The molecule has 0 saturated heterocycles. The van der Waals surface area contributed by atoms with E-state index >= 15 is 0 Å². The Kier molecular flexibility index (Phi) is 5.13. The first-order valence-electron chi connectivity index (χ1n) is 6.19. The van der Waals surface area contributed by atoms with Crippen LogP contribution in [0, 0.1) is 0 Å². The molecule has 0 aromatic heterocycles. The van der Waals surface area contributed by atoms with Crippen LogP contribution in [0.15, 0.2) is 42.5 Å². The van der Waals surface area contributed by atoms with Gasteiger partial charge in [0, 0.05) is 21.3 Å². The topological polar surface area (TPSA) is 46.2 Å². The van der Waals surface area contributed by atoms with Gasteiger partial charge in [-0.05, 0) is 36.4 Å². The van der Waals surface area contributed by atoms with Crippen LogP contribution in [-0.4, -0.2) is 8.42 Å². The maximum absolute atomic E-state index is 12.5. The number of anilines is 1. The molecule has 2 aromatic rings. The SMILES string of the molecule is O=S(=O)(Cc1c(Cl)cccc1Cl)Nc1ccc(C(F)(F)F)cc1. The van der Waals surface area contributed by atoms with Crippen LogP contribution >= 0.6 is 23.2 Å².